The highest BCUT2D eigenvalue weighted by Crippen LogP contribution is 2.39. The van der Waals surface area contributed by atoms with E-state index in [0.717, 1.165) is 11.4 Å². The minimum atomic E-state index is 0.787. The first-order valence-corrected chi connectivity index (χ1v) is 10.6. The van der Waals surface area contributed by atoms with Crippen molar-refractivity contribution in [3.05, 3.63) is 82.4 Å². The van der Waals surface area contributed by atoms with Crippen molar-refractivity contribution in [1.82, 2.24) is 0 Å². The molecule has 3 aromatic carbocycles. The van der Waals surface area contributed by atoms with E-state index in [-0.39, 0.29) is 0 Å². The van der Waals surface area contributed by atoms with E-state index >= 15 is 0 Å². The van der Waals surface area contributed by atoms with Crippen molar-refractivity contribution in [3.63, 3.8) is 0 Å². The summed E-state index contributed by atoms with van der Waals surface area (Å²) in [5.41, 5.74) is 9.75. The van der Waals surface area contributed by atoms with Crippen LogP contribution in [0.25, 0.3) is 22.3 Å². The van der Waals surface area contributed by atoms with Gasteiger partial charge in [-0.3, -0.25) is 0 Å². The third kappa shape index (κ3) is 4.12. The van der Waals surface area contributed by atoms with Gasteiger partial charge in [0.1, 0.15) is 0 Å². The summed E-state index contributed by atoms with van der Waals surface area (Å²) in [5.74, 6) is 0. The summed E-state index contributed by atoms with van der Waals surface area (Å²) in [5, 5.41) is 0.787. The first kappa shape index (κ1) is 18.3. The molecule has 27 heavy (non-hydrogen) atoms. The van der Waals surface area contributed by atoms with Crippen molar-refractivity contribution in [3.8, 4) is 22.3 Å². The smallest absolute Gasteiger partial charge is 0.0406 e. The summed E-state index contributed by atoms with van der Waals surface area (Å²) in [4.78, 5) is 0. The van der Waals surface area contributed by atoms with E-state index in [1.165, 1.54) is 77.5 Å². The Morgan fingerprint density at radius 3 is 2.15 bits per heavy atom. The highest BCUT2D eigenvalue weighted by molar-refractivity contribution is 6.30. The van der Waals surface area contributed by atoms with E-state index in [4.69, 9.17) is 11.6 Å². The quantitative estimate of drug-likeness (QED) is 0.287. The summed E-state index contributed by atoms with van der Waals surface area (Å²) in [7, 11) is 0. The van der Waals surface area contributed by atoms with Gasteiger partial charge in [-0.05, 0) is 70.3 Å². The van der Waals surface area contributed by atoms with Crippen LogP contribution in [0, 0.1) is 0 Å². The van der Waals surface area contributed by atoms with E-state index in [0.29, 0.717) is 0 Å². The van der Waals surface area contributed by atoms with Crippen LogP contribution >= 0.6 is 11.6 Å². The Bertz CT molecular complexity index is 921. The molecule has 0 unspecified atom stereocenters. The third-order valence-corrected chi connectivity index (χ3v) is 5.94. The lowest BCUT2D eigenvalue weighted by Crippen LogP contribution is -1.89. The molecule has 0 atom stereocenters. The minimum Gasteiger partial charge on any atom is -0.0843 e. The summed E-state index contributed by atoms with van der Waals surface area (Å²) in [6.07, 6.45) is 8.99. The zero-order chi connectivity index (χ0) is 18.6. The number of rotatable bonds is 7. The Morgan fingerprint density at radius 1 is 0.704 bits per heavy atom. The molecule has 0 heterocycles. The van der Waals surface area contributed by atoms with Crippen molar-refractivity contribution in [2.75, 3.05) is 0 Å². The second-order valence-electron chi connectivity index (χ2n) is 7.71. The summed E-state index contributed by atoms with van der Waals surface area (Å²) >= 11 is 6.03. The Balaban J connectivity index is 1.49. The number of benzene rings is 3. The van der Waals surface area contributed by atoms with Gasteiger partial charge in [0.05, 0.1) is 0 Å². The van der Waals surface area contributed by atoms with Gasteiger partial charge in [-0.2, -0.15) is 0 Å². The lowest BCUT2D eigenvalue weighted by atomic mass is 9.98. The van der Waals surface area contributed by atoms with Gasteiger partial charge in [0.15, 0.2) is 0 Å². The molecule has 0 nitrogen and oxygen atoms in total. The van der Waals surface area contributed by atoms with E-state index in [1.54, 1.807) is 0 Å². The molecule has 0 aromatic heterocycles. The number of unbranched alkanes of at least 4 members (excludes halogenated alkanes) is 4. The Hall–Kier alpha value is -2.05. The van der Waals surface area contributed by atoms with Crippen LogP contribution in [-0.2, 0) is 12.8 Å². The van der Waals surface area contributed by atoms with Gasteiger partial charge < -0.3 is 0 Å². The monoisotopic (exact) mass is 374 g/mol. The van der Waals surface area contributed by atoms with Crippen molar-refractivity contribution >= 4 is 11.6 Å². The van der Waals surface area contributed by atoms with Crippen LogP contribution < -0.4 is 0 Å². The fourth-order valence-corrected chi connectivity index (χ4v) is 4.30. The maximum absolute atomic E-state index is 6.03. The van der Waals surface area contributed by atoms with Gasteiger partial charge in [0.2, 0.25) is 0 Å². The highest BCUT2D eigenvalue weighted by atomic mass is 35.5. The largest absolute Gasteiger partial charge is 0.0843 e. The minimum absolute atomic E-state index is 0.787. The number of fused-ring (bicyclic) bond motifs is 3. The van der Waals surface area contributed by atoms with Gasteiger partial charge in [-0.1, -0.05) is 92.7 Å². The lowest BCUT2D eigenvalue weighted by Gasteiger charge is -2.07. The summed E-state index contributed by atoms with van der Waals surface area (Å²) < 4.78 is 0. The van der Waals surface area contributed by atoms with Crippen LogP contribution in [-0.4, -0.2) is 0 Å². The van der Waals surface area contributed by atoms with Crippen LogP contribution in [0.15, 0.2) is 60.7 Å². The van der Waals surface area contributed by atoms with Crippen LogP contribution in [0.5, 0.6) is 0 Å². The molecule has 1 aliphatic carbocycles. The number of halogens is 1. The first-order valence-electron chi connectivity index (χ1n) is 10.3. The number of hydrogen-bond acceptors (Lipinski definition) is 0. The molecule has 3 aromatic rings. The van der Waals surface area contributed by atoms with Crippen LogP contribution in [0.1, 0.15) is 55.7 Å². The average Bonchev–Trinajstić information content (AvgIpc) is 3.05. The predicted molar refractivity (Wildman–Crippen MR) is 118 cm³/mol. The van der Waals surface area contributed by atoms with Crippen molar-refractivity contribution in [1.29, 1.82) is 0 Å². The van der Waals surface area contributed by atoms with Crippen LogP contribution in [0.2, 0.25) is 5.02 Å². The molecule has 0 bridgehead atoms. The average molecular weight is 375 g/mol. The molecule has 0 saturated carbocycles. The Labute approximate surface area is 168 Å². The van der Waals surface area contributed by atoms with Gasteiger partial charge in [0, 0.05) is 5.02 Å². The maximum Gasteiger partial charge on any atom is 0.0406 e. The molecule has 0 fully saturated rings. The van der Waals surface area contributed by atoms with Crippen LogP contribution in [0.3, 0.4) is 0 Å². The van der Waals surface area contributed by atoms with E-state index in [9.17, 15) is 0 Å². The Morgan fingerprint density at radius 2 is 1.37 bits per heavy atom. The molecule has 0 spiro atoms. The van der Waals surface area contributed by atoms with Gasteiger partial charge in [0.25, 0.3) is 0 Å². The molecule has 1 aliphatic rings. The fourth-order valence-electron chi connectivity index (χ4n) is 4.17. The Kier molecular flexibility index (Phi) is 5.64. The van der Waals surface area contributed by atoms with E-state index in [2.05, 4.69) is 55.5 Å². The second-order valence-corrected chi connectivity index (χ2v) is 8.15. The fraction of sp³-hybridized carbons (Fsp3) is 0.308. The molecule has 0 saturated heterocycles. The van der Waals surface area contributed by atoms with Crippen molar-refractivity contribution in [2.24, 2.45) is 0 Å². The second kappa shape index (κ2) is 8.31. The van der Waals surface area contributed by atoms with E-state index in [1.807, 2.05) is 12.1 Å². The highest BCUT2D eigenvalue weighted by Gasteiger charge is 2.19. The number of aryl methyl sites for hydroxylation is 1. The molecule has 4 rings (SSSR count). The zero-order valence-corrected chi connectivity index (χ0v) is 16.9. The maximum atomic E-state index is 6.03. The standard InChI is InChI=1S/C26H27Cl/c1-2-3-4-5-6-7-19-8-14-25-22(16-19)18-23-17-21(11-15-26(23)25)20-9-12-24(27)13-10-20/h8-17H,2-7,18H2,1H3. The predicted octanol–water partition coefficient (Wildman–Crippen LogP) is 8.09. The molecule has 1 heteroatoms. The summed E-state index contributed by atoms with van der Waals surface area (Å²) in [6.45, 7) is 2.27. The van der Waals surface area contributed by atoms with Gasteiger partial charge in [-0.15, -0.1) is 0 Å². The molecule has 0 aliphatic heterocycles. The zero-order valence-electron chi connectivity index (χ0n) is 16.1. The summed E-state index contributed by atoms with van der Waals surface area (Å²) in [6, 6.07) is 22.1. The molecule has 0 amide bonds. The first-order chi connectivity index (χ1) is 13.2. The normalized spacial score (nSPS) is 12.1. The van der Waals surface area contributed by atoms with Crippen molar-refractivity contribution < 1.29 is 0 Å². The topological polar surface area (TPSA) is 0 Å². The van der Waals surface area contributed by atoms with Crippen molar-refractivity contribution in [2.45, 2.75) is 51.9 Å². The van der Waals surface area contributed by atoms with E-state index < -0.39 is 0 Å². The SMILES string of the molecule is CCCCCCCc1ccc2c(c1)Cc1cc(-c3ccc(Cl)cc3)ccc1-2. The molecular formula is C26H27Cl. The van der Waals surface area contributed by atoms with Crippen LogP contribution in [0.4, 0.5) is 0 Å². The molecular weight excluding hydrogens is 348 g/mol. The third-order valence-electron chi connectivity index (χ3n) is 5.69. The molecule has 0 N–H and O–H groups in total. The lowest BCUT2D eigenvalue weighted by molar-refractivity contribution is 0.632. The van der Waals surface area contributed by atoms with Gasteiger partial charge in [-0.25, -0.2) is 0 Å². The molecule has 0 radical (unpaired) electrons. The van der Waals surface area contributed by atoms with Gasteiger partial charge >= 0.3 is 0 Å². The molecule has 138 valence electrons. The number of hydrogen-bond donors (Lipinski definition) is 0.